The molecule has 3 aromatic rings. The molecule has 0 aliphatic heterocycles. The van der Waals surface area contributed by atoms with Crippen molar-refractivity contribution in [3.63, 3.8) is 0 Å². The van der Waals surface area contributed by atoms with Gasteiger partial charge in [0.15, 0.2) is 17.2 Å². The molecule has 140 valence electrons. The minimum Gasteiger partial charge on any atom is -0.490 e. The SMILES string of the molecule is CCOc1cccn2c(C(=O)C[C@H](Cc3ccccc3)C(=O)O)c(C)nc12. The third-order valence-electron chi connectivity index (χ3n) is 4.46. The van der Waals surface area contributed by atoms with E-state index in [4.69, 9.17) is 4.74 Å². The molecule has 0 bridgehead atoms. The minimum atomic E-state index is -0.978. The molecule has 27 heavy (non-hydrogen) atoms. The van der Waals surface area contributed by atoms with Crippen LogP contribution in [-0.2, 0) is 11.2 Å². The number of hydrogen-bond acceptors (Lipinski definition) is 4. The van der Waals surface area contributed by atoms with Crippen LogP contribution in [-0.4, -0.2) is 32.9 Å². The number of aliphatic carboxylic acids is 1. The average Bonchev–Trinajstić information content (AvgIpc) is 2.99. The van der Waals surface area contributed by atoms with Crippen LogP contribution in [0.5, 0.6) is 5.75 Å². The Morgan fingerprint density at radius 2 is 1.93 bits per heavy atom. The largest absolute Gasteiger partial charge is 0.490 e. The molecule has 0 amide bonds. The van der Waals surface area contributed by atoms with E-state index >= 15 is 0 Å². The number of carboxylic acids is 1. The summed E-state index contributed by atoms with van der Waals surface area (Å²) in [6.45, 7) is 4.13. The van der Waals surface area contributed by atoms with Gasteiger partial charge in [0.05, 0.1) is 18.2 Å². The van der Waals surface area contributed by atoms with Gasteiger partial charge in [-0.3, -0.25) is 14.0 Å². The summed E-state index contributed by atoms with van der Waals surface area (Å²) in [5, 5.41) is 9.58. The quantitative estimate of drug-likeness (QED) is 0.617. The maximum Gasteiger partial charge on any atom is 0.307 e. The summed E-state index contributed by atoms with van der Waals surface area (Å²) in [7, 11) is 0. The first kappa shape index (κ1) is 18.6. The van der Waals surface area contributed by atoms with Crippen molar-refractivity contribution in [2.24, 2.45) is 5.92 Å². The summed E-state index contributed by atoms with van der Waals surface area (Å²) in [6.07, 6.45) is 1.97. The van der Waals surface area contributed by atoms with Crippen molar-refractivity contribution in [1.82, 2.24) is 9.38 Å². The molecule has 1 atom stereocenters. The molecule has 3 rings (SSSR count). The molecule has 0 aliphatic rings. The summed E-state index contributed by atoms with van der Waals surface area (Å²) in [5.74, 6) is -1.41. The fourth-order valence-corrected chi connectivity index (χ4v) is 3.23. The number of fused-ring (bicyclic) bond motifs is 1. The molecule has 6 heteroatoms. The number of aromatic nitrogens is 2. The zero-order valence-electron chi connectivity index (χ0n) is 15.4. The molecule has 1 N–H and O–H groups in total. The highest BCUT2D eigenvalue weighted by atomic mass is 16.5. The molecule has 2 aromatic heterocycles. The highest BCUT2D eigenvalue weighted by Gasteiger charge is 2.26. The van der Waals surface area contributed by atoms with E-state index in [-0.39, 0.29) is 12.2 Å². The molecule has 0 radical (unpaired) electrons. The summed E-state index contributed by atoms with van der Waals surface area (Å²) in [4.78, 5) is 29.1. The fourth-order valence-electron chi connectivity index (χ4n) is 3.23. The Morgan fingerprint density at radius 3 is 2.59 bits per heavy atom. The van der Waals surface area contributed by atoms with Crippen molar-refractivity contribution >= 4 is 17.4 Å². The first-order valence-corrected chi connectivity index (χ1v) is 8.91. The van der Waals surface area contributed by atoms with E-state index in [1.807, 2.05) is 37.3 Å². The fraction of sp³-hybridized carbons (Fsp3) is 0.286. The van der Waals surface area contributed by atoms with E-state index < -0.39 is 11.9 Å². The van der Waals surface area contributed by atoms with Crippen molar-refractivity contribution in [2.45, 2.75) is 26.7 Å². The Morgan fingerprint density at radius 1 is 1.19 bits per heavy atom. The van der Waals surface area contributed by atoms with E-state index in [1.165, 1.54) is 0 Å². The van der Waals surface area contributed by atoms with Crippen molar-refractivity contribution in [2.75, 3.05) is 6.61 Å². The number of pyridine rings is 1. The second kappa shape index (κ2) is 8.03. The molecular weight excluding hydrogens is 344 g/mol. The zero-order valence-corrected chi connectivity index (χ0v) is 15.4. The lowest BCUT2D eigenvalue weighted by Crippen LogP contribution is -2.21. The maximum atomic E-state index is 12.9. The normalized spacial score (nSPS) is 12.1. The van der Waals surface area contributed by atoms with E-state index in [2.05, 4.69) is 4.98 Å². The number of hydrogen-bond donors (Lipinski definition) is 1. The summed E-state index contributed by atoms with van der Waals surface area (Å²) in [6, 6.07) is 12.9. The molecule has 0 aliphatic carbocycles. The third kappa shape index (κ3) is 4.00. The number of rotatable bonds is 8. The third-order valence-corrected chi connectivity index (χ3v) is 4.46. The van der Waals surface area contributed by atoms with Crippen LogP contribution in [0, 0.1) is 12.8 Å². The predicted octanol–water partition coefficient (Wildman–Crippen LogP) is 3.56. The number of carbonyl (C=O) groups is 2. The van der Waals surface area contributed by atoms with E-state index in [9.17, 15) is 14.7 Å². The summed E-state index contributed by atoms with van der Waals surface area (Å²) in [5.41, 5.74) is 2.43. The standard InChI is InChI=1S/C21H22N2O4/c1-3-27-18-10-7-11-23-19(14(2)22-20(18)23)17(24)13-16(21(25)26)12-15-8-5-4-6-9-15/h4-11,16H,3,12-13H2,1-2H3,(H,25,26)/t16-/m0/s1. The smallest absolute Gasteiger partial charge is 0.307 e. The highest BCUT2D eigenvalue weighted by molar-refractivity contribution is 5.98. The van der Waals surface area contributed by atoms with Gasteiger partial charge in [-0.1, -0.05) is 30.3 Å². The lowest BCUT2D eigenvalue weighted by molar-refractivity contribution is -0.141. The number of ketones is 1. The molecule has 1 aromatic carbocycles. The lowest BCUT2D eigenvalue weighted by atomic mass is 9.93. The van der Waals surface area contributed by atoms with Crippen LogP contribution in [0.1, 0.15) is 35.1 Å². The van der Waals surface area contributed by atoms with Crippen LogP contribution in [0.2, 0.25) is 0 Å². The van der Waals surface area contributed by atoms with Gasteiger partial charge in [-0.25, -0.2) is 4.98 Å². The molecule has 0 unspecified atom stereocenters. The Bertz CT molecular complexity index is 963. The molecule has 6 nitrogen and oxygen atoms in total. The van der Waals surface area contributed by atoms with Gasteiger partial charge in [0.25, 0.3) is 0 Å². The molecule has 0 saturated heterocycles. The number of carboxylic acid groups (broad SMARTS) is 1. The first-order valence-electron chi connectivity index (χ1n) is 8.91. The van der Waals surface area contributed by atoms with Gasteiger partial charge in [0.2, 0.25) is 0 Å². The Labute approximate surface area is 157 Å². The van der Waals surface area contributed by atoms with Crippen LogP contribution in [0.25, 0.3) is 5.65 Å². The lowest BCUT2D eigenvalue weighted by Gasteiger charge is -2.12. The second-order valence-corrected chi connectivity index (χ2v) is 6.40. The number of carbonyl (C=O) groups excluding carboxylic acids is 1. The Kier molecular flexibility index (Phi) is 5.54. The molecular formula is C21H22N2O4. The van der Waals surface area contributed by atoms with Gasteiger partial charge >= 0.3 is 5.97 Å². The van der Waals surface area contributed by atoms with Crippen LogP contribution in [0.3, 0.4) is 0 Å². The molecule has 0 fully saturated rings. The van der Waals surface area contributed by atoms with Gasteiger partial charge in [0.1, 0.15) is 5.69 Å². The Balaban J connectivity index is 1.89. The number of benzene rings is 1. The van der Waals surface area contributed by atoms with Crippen molar-refractivity contribution in [3.05, 3.63) is 65.6 Å². The second-order valence-electron chi connectivity index (χ2n) is 6.40. The van der Waals surface area contributed by atoms with Crippen LogP contribution in [0.4, 0.5) is 0 Å². The maximum absolute atomic E-state index is 12.9. The van der Waals surface area contributed by atoms with Gasteiger partial charge in [-0.15, -0.1) is 0 Å². The molecule has 0 saturated carbocycles. The van der Waals surface area contributed by atoms with E-state index in [0.717, 1.165) is 5.56 Å². The average molecular weight is 366 g/mol. The predicted molar refractivity (Wildman–Crippen MR) is 101 cm³/mol. The monoisotopic (exact) mass is 366 g/mol. The molecule has 0 spiro atoms. The Hall–Kier alpha value is -3.15. The van der Waals surface area contributed by atoms with Gasteiger partial charge in [-0.05, 0) is 38.0 Å². The summed E-state index contributed by atoms with van der Waals surface area (Å²) >= 11 is 0. The minimum absolute atomic E-state index is 0.0856. The van der Waals surface area contributed by atoms with Crippen LogP contribution in [0.15, 0.2) is 48.7 Å². The van der Waals surface area contributed by atoms with Crippen LogP contribution >= 0.6 is 0 Å². The molecule has 2 heterocycles. The van der Waals surface area contributed by atoms with E-state index in [0.29, 0.717) is 35.8 Å². The highest BCUT2D eigenvalue weighted by Crippen LogP contribution is 2.24. The topological polar surface area (TPSA) is 80.9 Å². The number of ether oxygens (including phenoxy) is 1. The number of aryl methyl sites for hydroxylation is 1. The number of nitrogens with zero attached hydrogens (tertiary/aromatic N) is 2. The zero-order chi connectivity index (χ0) is 19.4. The van der Waals surface area contributed by atoms with E-state index in [1.54, 1.807) is 29.7 Å². The summed E-state index contributed by atoms with van der Waals surface area (Å²) < 4.78 is 7.26. The van der Waals surface area contributed by atoms with Gasteiger partial charge in [0, 0.05) is 12.6 Å². The van der Waals surface area contributed by atoms with Crippen molar-refractivity contribution in [1.29, 1.82) is 0 Å². The number of imidazole rings is 1. The van der Waals surface area contributed by atoms with Crippen LogP contribution < -0.4 is 4.74 Å². The van der Waals surface area contributed by atoms with Crippen molar-refractivity contribution in [3.8, 4) is 5.75 Å². The number of Topliss-reactive ketones (excluding diaryl/α,β-unsaturated/α-hetero) is 1. The van der Waals surface area contributed by atoms with Gasteiger partial charge in [-0.2, -0.15) is 0 Å². The van der Waals surface area contributed by atoms with Crippen molar-refractivity contribution < 1.29 is 19.4 Å². The first-order chi connectivity index (χ1) is 13.0. The van der Waals surface area contributed by atoms with Gasteiger partial charge < -0.3 is 9.84 Å².